The number of rotatable bonds is 8. The minimum absolute atomic E-state index is 0.225. The molecule has 0 radical (unpaired) electrons. The Kier molecular flexibility index (Phi) is 6.89. The Morgan fingerprint density at radius 1 is 1.19 bits per heavy atom. The summed E-state index contributed by atoms with van der Waals surface area (Å²) in [5.74, 6) is 0.665. The average Bonchev–Trinajstić information content (AvgIpc) is 2.66. The van der Waals surface area contributed by atoms with Crippen molar-refractivity contribution in [2.24, 2.45) is 5.92 Å². The highest BCUT2D eigenvalue weighted by atomic mass is 16.5. The van der Waals surface area contributed by atoms with Crippen molar-refractivity contribution in [3.8, 4) is 11.5 Å². The first kappa shape index (κ1) is 20.1. The number of ether oxygens (including phenoxy) is 2. The van der Waals surface area contributed by atoms with Crippen LogP contribution < -0.4 is 14.8 Å². The van der Waals surface area contributed by atoms with Crippen LogP contribution in [-0.2, 0) is 16.0 Å². The average molecular weight is 363 g/mol. The van der Waals surface area contributed by atoms with Crippen LogP contribution in [0, 0.1) is 5.92 Å². The van der Waals surface area contributed by atoms with Gasteiger partial charge in [-0.1, -0.05) is 19.4 Å². The quantitative estimate of drug-likeness (QED) is 0.741. The maximum Gasteiger partial charge on any atom is 0.329 e. The number of benzene rings is 1. The monoisotopic (exact) mass is 363 g/mol. The molecule has 26 heavy (non-hydrogen) atoms. The summed E-state index contributed by atoms with van der Waals surface area (Å²) in [5.41, 5.74) is -0.169. The first-order chi connectivity index (χ1) is 12.4. The van der Waals surface area contributed by atoms with Gasteiger partial charge in [0.25, 0.3) is 0 Å². The molecule has 1 aliphatic rings. The summed E-state index contributed by atoms with van der Waals surface area (Å²) in [6.45, 7) is 2.13. The molecule has 0 saturated heterocycles. The number of amides is 1. The second-order valence-electron chi connectivity index (χ2n) is 6.98. The van der Waals surface area contributed by atoms with Crippen LogP contribution >= 0.6 is 0 Å². The summed E-state index contributed by atoms with van der Waals surface area (Å²) in [4.78, 5) is 24.2. The first-order valence-electron chi connectivity index (χ1n) is 9.19. The van der Waals surface area contributed by atoms with Crippen molar-refractivity contribution in [2.45, 2.75) is 57.4 Å². The van der Waals surface area contributed by atoms with E-state index in [1.807, 2.05) is 12.1 Å². The predicted octanol–water partition coefficient (Wildman–Crippen LogP) is 3.18. The molecule has 2 rings (SSSR count). The van der Waals surface area contributed by atoms with E-state index in [4.69, 9.17) is 9.47 Å². The second kappa shape index (κ2) is 8.92. The predicted molar refractivity (Wildman–Crippen MR) is 98.6 cm³/mol. The molecule has 1 aliphatic carbocycles. The lowest BCUT2D eigenvalue weighted by Crippen LogP contribution is -2.56. The summed E-state index contributed by atoms with van der Waals surface area (Å²) < 4.78 is 10.5. The molecule has 1 aromatic rings. The number of carboxylic acids is 1. The van der Waals surface area contributed by atoms with Gasteiger partial charge < -0.3 is 19.9 Å². The molecule has 6 nitrogen and oxygen atoms in total. The summed E-state index contributed by atoms with van der Waals surface area (Å²) >= 11 is 0. The third kappa shape index (κ3) is 4.68. The Balaban J connectivity index is 1.96. The normalized spacial score (nSPS) is 22.5. The summed E-state index contributed by atoms with van der Waals surface area (Å²) in [7, 11) is 3.14. The van der Waals surface area contributed by atoms with Crippen LogP contribution in [0.25, 0.3) is 0 Å². The maximum atomic E-state index is 12.4. The zero-order valence-electron chi connectivity index (χ0n) is 15.8. The first-order valence-corrected chi connectivity index (χ1v) is 9.19. The van der Waals surface area contributed by atoms with Crippen LogP contribution in [0.2, 0.25) is 0 Å². The standard InChI is InChI=1S/C20H29NO5/c1-4-14-9-11-20(12-10-14,19(23)24)21-18(22)8-6-15-5-7-16(25-2)17(13-15)26-3/h5,7,13-14H,4,6,8-12H2,1-3H3,(H,21,22)(H,23,24). The number of nitrogens with one attached hydrogen (secondary N) is 1. The number of carbonyl (C=O) groups is 2. The molecule has 0 aromatic heterocycles. The van der Waals surface area contributed by atoms with E-state index in [1.54, 1.807) is 20.3 Å². The Labute approximate surface area is 154 Å². The molecule has 1 aromatic carbocycles. The van der Waals surface area contributed by atoms with Crippen LogP contribution in [0.5, 0.6) is 11.5 Å². The number of hydrogen-bond acceptors (Lipinski definition) is 4. The Hall–Kier alpha value is -2.24. The molecule has 0 heterocycles. The Morgan fingerprint density at radius 3 is 2.38 bits per heavy atom. The molecule has 1 fully saturated rings. The highest BCUT2D eigenvalue weighted by Crippen LogP contribution is 2.34. The van der Waals surface area contributed by atoms with Gasteiger partial charge in [-0.2, -0.15) is 0 Å². The molecule has 0 unspecified atom stereocenters. The van der Waals surface area contributed by atoms with Crippen LogP contribution in [-0.4, -0.2) is 36.7 Å². The van der Waals surface area contributed by atoms with Gasteiger partial charge in [0, 0.05) is 6.42 Å². The van der Waals surface area contributed by atoms with Gasteiger partial charge in [-0.3, -0.25) is 4.79 Å². The molecular weight excluding hydrogens is 334 g/mol. The van der Waals surface area contributed by atoms with Gasteiger partial charge in [-0.15, -0.1) is 0 Å². The van der Waals surface area contributed by atoms with Gasteiger partial charge in [0.05, 0.1) is 14.2 Å². The fourth-order valence-electron chi connectivity index (χ4n) is 3.59. The zero-order chi connectivity index (χ0) is 19.2. The number of aryl methyl sites for hydroxylation is 1. The molecule has 2 N–H and O–H groups in total. The number of carboxylic acid groups (broad SMARTS) is 1. The maximum absolute atomic E-state index is 12.4. The summed E-state index contributed by atoms with van der Waals surface area (Å²) in [6, 6.07) is 5.52. The fourth-order valence-corrected chi connectivity index (χ4v) is 3.59. The molecule has 0 bridgehead atoms. The van der Waals surface area contributed by atoms with Crippen molar-refractivity contribution in [1.82, 2.24) is 5.32 Å². The van der Waals surface area contributed by atoms with E-state index in [1.165, 1.54) is 0 Å². The van der Waals surface area contributed by atoms with Crippen LogP contribution in [0.4, 0.5) is 0 Å². The molecule has 1 saturated carbocycles. The summed E-state index contributed by atoms with van der Waals surface area (Å²) in [5, 5.41) is 12.5. The highest BCUT2D eigenvalue weighted by Gasteiger charge is 2.42. The second-order valence-corrected chi connectivity index (χ2v) is 6.98. The van der Waals surface area contributed by atoms with Crippen LogP contribution in [0.15, 0.2) is 18.2 Å². The van der Waals surface area contributed by atoms with Crippen LogP contribution in [0.3, 0.4) is 0 Å². The third-order valence-corrected chi connectivity index (χ3v) is 5.41. The molecule has 0 aliphatic heterocycles. The Bertz CT molecular complexity index is 635. The molecule has 144 valence electrons. The van der Waals surface area contributed by atoms with Crippen molar-refractivity contribution in [3.05, 3.63) is 23.8 Å². The fraction of sp³-hybridized carbons (Fsp3) is 0.600. The van der Waals surface area contributed by atoms with Crippen molar-refractivity contribution in [2.75, 3.05) is 14.2 Å². The van der Waals surface area contributed by atoms with Crippen molar-refractivity contribution in [3.63, 3.8) is 0 Å². The lowest BCUT2D eigenvalue weighted by Gasteiger charge is -2.37. The lowest BCUT2D eigenvalue weighted by molar-refractivity contribution is -0.149. The molecule has 0 spiro atoms. The SMILES string of the molecule is CCC1CCC(NC(=O)CCc2ccc(OC)c(OC)c2)(C(=O)O)CC1. The number of carbonyl (C=O) groups excluding carboxylic acids is 1. The van der Waals surface area contributed by atoms with Crippen LogP contribution in [0.1, 0.15) is 51.0 Å². The van der Waals surface area contributed by atoms with Gasteiger partial charge in [0.15, 0.2) is 11.5 Å². The molecular formula is C20H29NO5. The van der Waals surface area contributed by atoms with Gasteiger partial charge in [0.2, 0.25) is 5.91 Å². The van der Waals surface area contributed by atoms with Gasteiger partial charge in [-0.05, 0) is 55.7 Å². The number of methoxy groups -OCH3 is 2. The number of aliphatic carboxylic acids is 1. The lowest BCUT2D eigenvalue weighted by atomic mass is 9.75. The smallest absolute Gasteiger partial charge is 0.329 e. The minimum Gasteiger partial charge on any atom is -0.493 e. The van der Waals surface area contributed by atoms with E-state index in [0.717, 1.165) is 24.8 Å². The van der Waals surface area contributed by atoms with E-state index in [0.29, 0.717) is 36.7 Å². The highest BCUT2D eigenvalue weighted by molar-refractivity contribution is 5.87. The zero-order valence-corrected chi connectivity index (χ0v) is 15.8. The van der Waals surface area contributed by atoms with Crippen molar-refractivity contribution in [1.29, 1.82) is 0 Å². The number of hydrogen-bond donors (Lipinski definition) is 2. The van der Waals surface area contributed by atoms with E-state index < -0.39 is 11.5 Å². The molecule has 0 atom stereocenters. The van der Waals surface area contributed by atoms with E-state index in [-0.39, 0.29) is 12.3 Å². The van der Waals surface area contributed by atoms with Gasteiger partial charge in [-0.25, -0.2) is 4.79 Å². The molecule has 1 amide bonds. The van der Waals surface area contributed by atoms with Crippen molar-refractivity contribution < 1.29 is 24.2 Å². The van der Waals surface area contributed by atoms with E-state index in [9.17, 15) is 14.7 Å². The minimum atomic E-state index is -1.11. The topological polar surface area (TPSA) is 84.9 Å². The van der Waals surface area contributed by atoms with Crippen molar-refractivity contribution >= 4 is 11.9 Å². The largest absolute Gasteiger partial charge is 0.493 e. The molecule has 6 heteroatoms. The Morgan fingerprint density at radius 2 is 1.85 bits per heavy atom. The third-order valence-electron chi connectivity index (χ3n) is 5.41. The van der Waals surface area contributed by atoms with Gasteiger partial charge >= 0.3 is 5.97 Å². The van der Waals surface area contributed by atoms with Gasteiger partial charge in [0.1, 0.15) is 5.54 Å². The summed E-state index contributed by atoms with van der Waals surface area (Å²) in [6.07, 6.45) is 4.51. The van der Waals surface area contributed by atoms with E-state index in [2.05, 4.69) is 12.2 Å². The van der Waals surface area contributed by atoms with E-state index >= 15 is 0 Å².